The fraction of sp³-hybridized carbons (Fsp3) is 0.176. The number of hydrogen-bond acceptors (Lipinski definition) is 18. The van der Waals surface area contributed by atoms with E-state index in [9.17, 15) is 60.0 Å². The minimum Gasteiger partial charge on any atom is -0.504 e. The molecule has 4 atom stereocenters. The van der Waals surface area contributed by atoms with E-state index >= 15 is 0 Å². The van der Waals surface area contributed by atoms with Gasteiger partial charge in [-0.15, -0.1) is 0 Å². The van der Waals surface area contributed by atoms with Crippen molar-refractivity contribution >= 4 is 23.9 Å². The zero-order chi connectivity index (χ0) is 37.5. The van der Waals surface area contributed by atoms with Crippen molar-refractivity contribution in [3.8, 4) is 46.0 Å². The number of hydroxylamine groups is 2. The highest BCUT2D eigenvalue weighted by Gasteiger charge is 2.72. The Hall–Kier alpha value is -6.92. The van der Waals surface area contributed by atoms with E-state index < -0.39 is 100 Å². The van der Waals surface area contributed by atoms with Crippen molar-refractivity contribution in [2.75, 3.05) is 6.54 Å². The third-order valence-corrected chi connectivity index (χ3v) is 8.08. The van der Waals surface area contributed by atoms with Crippen LogP contribution in [-0.2, 0) is 23.9 Å². The van der Waals surface area contributed by atoms with Crippen LogP contribution in [0.25, 0.3) is 0 Å². The van der Waals surface area contributed by atoms with E-state index in [0.29, 0.717) is 5.23 Å². The molecular formula is C34H27NO17. The SMILES string of the molecule is O=C(OC1CC12ON(OC(=O)c1ccc(O)c(O)c1)C[C@@H](OC(=O)c1ccc(O)c(O)c1)[C@H]2OC(=O)c1ccc(O)c(O)c1)c1ccc(O)c(O)c1. The molecule has 6 rings (SSSR count). The van der Waals surface area contributed by atoms with Crippen LogP contribution in [0.15, 0.2) is 72.8 Å². The number of carbonyl (C=O) groups is 4. The summed E-state index contributed by atoms with van der Waals surface area (Å²) in [5, 5.41) is 78.9. The first kappa shape index (κ1) is 34.9. The lowest BCUT2D eigenvalue weighted by Crippen LogP contribution is -2.60. The van der Waals surface area contributed by atoms with Crippen LogP contribution < -0.4 is 0 Å². The van der Waals surface area contributed by atoms with Gasteiger partial charge in [0, 0.05) is 6.42 Å². The van der Waals surface area contributed by atoms with Crippen LogP contribution in [0.3, 0.4) is 0 Å². The van der Waals surface area contributed by atoms with Crippen LogP contribution in [-0.4, -0.2) is 100 Å². The minimum atomic E-state index is -1.96. The number of ether oxygens (including phenoxy) is 3. The second-order valence-corrected chi connectivity index (χ2v) is 11.6. The van der Waals surface area contributed by atoms with Crippen LogP contribution in [0.2, 0.25) is 0 Å². The number of phenols is 8. The average Bonchev–Trinajstić information content (AvgIpc) is 3.77. The fourth-order valence-corrected chi connectivity index (χ4v) is 5.27. The molecule has 0 radical (unpaired) electrons. The molecule has 0 aromatic heterocycles. The zero-order valence-corrected chi connectivity index (χ0v) is 26.3. The maximum atomic E-state index is 13.4. The first-order valence-corrected chi connectivity index (χ1v) is 15.0. The smallest absolute Gasteiger partial charge is 0.359 e. The van der Waals surface area contributed by atoms with Crippen LogP contribution in [0.4, 0.5) is 0 Å². The second-order valence-electron chi connectivity index (χ2n) is 11.6. The summed E-state index contributed by atoms with van der Waals surface area (Å²) in [6.45, 7) is -0.682. The van der Waals surface area contributed by atoms with E-state index in [1.807, 2.05) is 0 Å². The van der Waals surface area contributed by atoms with Gasteiger partial charge in [-0.25, -0.2) is 19.2 Å². The van der Waals surface area contributed by atoms with Gasteiger partial charge in [0.1, 0.15) is 12.6 Å². The second kappa shape index (κ2) is 13.4. The largest absolute Gasteiger partial charge is 0.504 e. The Balaban J connectivity index is 1.35. The highest BCUT2D eigenvalue weighted by molar-refractivity contribution is 5.92. The molecule has 1 heterocycles. The maximum Gasteiger partial charge on any atom is 0.359 e. The van der Waals surface area contributed by atoms with E-state index in [4.69, 9.17) is 23.9 Å². The molecule has 1 saturated carbocycles. The van der Waals surface area contributed by atoms with Gasteiger partial charge in [0.05, 0.1) is 22.3 Å². The third-order valence-electron chi connectivity index (χ3n) is 8.08. The number of carbonyl (C=O) groups excluding carboxylic acids is 4. The van der Waals surface area contributed by atoms with Crippen LogP contribution >= 0.6 is 0 Å². The standard InChI is InChI=1S/C34H27NO17/c36-19-5-1-15(9-23(19)40)30(44)48-27-14-35(51-33(47)18-4-8-22(39)26(43)12-18)52-34(29(27)50-32(46)17-3-7-21(38)25(42)11-17)13-28(34)49-31(45)16-2-6-20(37)24(41)10-16/h1-12,27-29,36-43H,13-14H2/t27-,28?,29-,34?/m1/s1. The number of hydrogen-bond donors (Lipinski definition) is 8. The highest BCUT2D eigenvalue weighted by atomic mass is 17.0. The van der Waals surface area contributed by atoms with Gasteiger partial charge in [0.2, 0.25) is 0 Å². The van der Waals surface area contributed by atoms with Crippen molar-refractivity contribution in [2.24, 2.45) is 0 Å². The zero-order valence-electron chi connectivity index (χ0n) is 26.3. The molecule has 2 aliphatic rings. The van der Waals surface area contributed by atoms with E-state index in [0.717, 1.165) is 72.8 Å². The summed E-state index contributed by atoms with van der Waals surface area (Å²) in [6.07, 6.45) is -4.93. The molecule has 18 nitrogen and oxygen atoms in total. The Morgan fingerprint density at radius 3 is 1.35 bits per heavy atom. The predicted molar refractivity (Wildman–Crippen MR) is 167 cm³/mol. The van der Waals surface area contributed by atoms with Gasteiger partial charge in [-0.05, 0) is 78.0 Å². The molecule has 1 spiro atoms. The maximum absolute atomic E-state index is 13.4. The van der Waals surface area contributed by atoms with Gasteiger partial charge < -0.3 is 59.9 Å². The van der Waals surface area contributed by atoms with Gasteiger partial charge in [-0.3, -0.25) is 4.84 Å². The molecule has 52 heavy (non-hydrogen) atoms. The summed E-state index contributed by atoms with van der Waals surface area (Å²) in [4.78, 5) is 64.3. The molecule has 2 fully saturated rings. The number of aromatic hydroxyl groups is 8. The Labute approximate surface area is 290 Å². The average molecular weight is 722 g/mol. The normalized spacial score (nSPS) is 20.8. The van der Waals surface area contributed by atoms with Crippen LogP contribution in [0.5, 0.6) is 46.0 Å². The van der Waals surface area contributed by atoms with Crippen molar-refractivity contribution in [1.82, 2.24) is 5.23 Å². The first-order valence-electron chi connectivity index (χ1n) is 15.0. The van der Waals surface area contributed by atoms with Crippen molar-refractivity contribution in [3.05, 3.63) is 95.1 Å². The first-order chi connectivity index (χ1) is 24.6. The highest BCUT2D eigenvalue weighted by Crippen LogP contribution is 2.52. The summed E-state index contributed by atoms with van der Waals surface area (Å²) in [5.74, 6) is -9.26. The van der Waals surface area contributed by atoms with E-state index in [2.05, 4.69) is 0 Å². The molecule has 1 aliphatic heterocycles. The molecule has 1 saturated heterocycles. The molecule has 1 aliphatic carbocycles. The fourth-order valence-electron chi connectivity index (χ4n) is 5.27. The third kappa shape index (κ3) is 6.91. The Morgan fingerprint density at radius 2 is 0.923 bits per heavy atom. The quantitative estimate of drug-likeness (QED) is 0.0737. The number of phenolic OH excluding ortho intramolecular Hbond substituents is 8. The molecule has 270 valence electrons. The topological polar surface area (TPSA) is 280 Å². The van der Waals surface area contributed by atoms with Crippen molar-refractivity contribution in [3.63, 3.8) is 0 Å². The van der Waals surface area contributed by atoms with Gasteiger partial charge in [0.15, 0.2) is 63.8 Å². The summed E-state index contributed by atoms with van der Waals surface area (Å²) in [5.41, 5.74) is -3.01. The van der Waals surface area contributed by atoms with Crippen molar-refractivity contribution < 1.29 is 83.9 Å². The number of benzene rings is 4. The van der Waals surface area contributed by atoms with Crippen molar-refractivity contribution in [1.29, 1.82) is 0 Å². The number of nitrogens with zero attached hydrogens (tertiary/aromatic N) is 1. The Bertz CT molecular complexity index is 2100. The molecular weight excluding hydrogens is 694 g/mol. The summed E-state index contributed by atoms with van der Waals surface area (Å²) < 4.78 is 17.0. The van der Waals surface area contributed by atoms with Gasteiger partial charge in [-0.2, -0.15) is 0 Å². The molecule has 4 aromatic carbocycles. The van der Waals surface area contributed by atoms with E-state index in [1.165, 1.54) is 0 Å². The molecule has 18 heteroatoms. The Kier molecular flexibility index (Phi) is 9.01. The lowest BCUT2D eigenvalue weighted by atomic mass is 10.0. The minimum absolute atomic E-state index is 0.216. The van der Waals surface area contributed by atoms with Crippen LogP contribution in [0, 0.1) is 0 Å². The summed E-state index contributed by atoms with van der Waals surface area (Å²) in [7, 11) is 0. The molecule has 0 amide bonds. The lowest BCUT2D eigenvalue weighted by Gasteiger charge is -2.41. The summed E-state index contributed by atoms with van der Waals surface area (Å²) >= 11 is 0. The monoisotopic (exact) mass is 721 g/mol. The lowest BCUT2D eigenvalue weighted by molar-refractivity contribution is -0.409. The summed E-state index contributed by atoms with van der Waals surface area (Å²) in [6, 6.07) is 12.1. The predicted octanol–water partition coefficient (Wildman–Crippen LogP) is 2.47. The van der Waals surface area contributed by atoms with Crippen LogP contribution in [0.1, 0.15) is 47.9 Å². The van der Waals surface area contributed by atoms with Gasteiger partial charge >= 0.3 is 23.9 Å². The van der Waals surface area contributed by atoms with Gasteiger partial charge in [0.25, 0.3) is 0 Å². The molecule has 4 aromatic rings. The number of esters is 3. The Morgan fingerprint density at radius 1 is 0.538 bits per heavy atom. The van der Waals surface area contributed by atoms with Gasteiger partial charge in [-0.1, -0.05) is 0 Å². The van der Waals surface area contributed by atoms with E-state index in [-0.39, 0.29) is 28.7 Å². The molecule has 8 N–H and O–H groups in total. The van der Waals surface area contributed by atoms with E-state index in [1.54, 1.807) is 0 Å². The molecule has 0 bridgehead atoms. The molecule has 2 unspecified atom stereocenters. The van der Waals surface area contributed by atoms with Crippen molar-refractivity contribution in [2.45, 2.75) is 30.3 Å². The number of rotatable bonds is 8.